The Morgan fingerprint density at radius 1 is 1.31 bits per heavy atom. The highest BCUT2D eigenvalue weighted by atomic mass is 19.3. The normalized spacial score (nSPS) is 22.9. The van der Waals surface area contributed by atoms with Crippen LogP contribution >= 0.6 is 0 Å². The van der Waals surface area contributed by atoms with Crippen LogP contribution in [0.3, 0.4) is 0 Å². The standard InChI is InChI=1S/C18H22F2N2O4/c19-18(20)26-13-5-3-12(4-6-13)11-22-15(7-8-16(22)23)17(24)21-10-14-2-1-9-25-14/h3-6,14-15,18H,1-2,7-11H2,(H,21,24)/t14-,15-/m0/s1. The summed E-state index contributed by atoms with van der Waals surface area (Å²) < 4.78 is 34.2. The molecule has 1 N–H and O–H groups in total. The summed E-state index contributed by atoms with van der Waals surface area (Å²) in [6.45, 7) is -1.44. The van der Waals surface area contributed by atoms with Crippen molar-refractivity contribution in [2.24, 2.45) is 0 Å². The summed E-state index contributed by atoms with van der Waals surface area (Å²) >= 11 is 0. The van der Waals surface area contributed by atoms with E-state index in [-0.39, 0.29) is 30.2 Å². The lowest BCUT2D eigenvalue weighted by Crippen LogP contribution is -2.46. The lowest BCUT2D eigenvalue weighted by Gasteiger charge is -2.25. The largest absolute Gasteiger partial charge is 0.435 e. The Balaban J connectivity index is 1.57. The molecule has 2 fully saturated rings. The maximum Gasteiger partial charge on any atom is 0.387 e. The number of carbonyl (C=O) groups excluding carboxylic acids is 2. The van der Waals surface area contributed by atoms with Crippen molar-refractivity contribution >= 4 is 11.8 Å². The van der Waals surface area contributed by atoms with Gasteiger partial charge in [-0.05, 0) is 37.0 Å². The molecule has 0 spiro atoms. The quantitative estimate of drug-likeness (QED) is 0.800. The number of nitrogens with zero attached hydrogens (tertiary/aromatic N) is 1. The molecule has 26 heavy (non-hydrogen) atoms. The molecular weight excluding hydrogens is 346 g/mol. The molecule has 2 amide bonds. The lowest BCUT2D eigenvalue weighted by molar-refractivity contribution is -0.136. The van der Waals surface area contributed by atoms with Gasteiger partial charge in [0, 0.05) is 26.1 Å². The summed E-state index contributed by atoms with van der Waals surface area (Å²) in [4.78, 5) is 26.2. The van der Waals surface area contributed by atoms with E-state index in [0.717, 1.165) is 25.0 Å². The van der Waals surface area contributed by atoms with Crippen LogP contribution in [0.2, 0.25) is 0 Å². The summed E-state index contributed by atoms with van der Waals surface area (Å²) in [7, 11) is 0. The third kappa shape index (κ3) is 4.69. The van der Waals surface area contributed by atoms with Gasteiger partial charge >= 0.3 is 6.61 Å². The Morgan fingerprint density at radius 2 is 2.08 bits per heavy atom. The molecule has 3 rings (SSSR count). The molecule has 0 unspecified atom stereocenters. The van der Waals surface area contributed by atoms with Crippen molar-refractivity contribution in [2.45, 2.75) is 51.0 Å². The average Bonchev–Trinajstić information content (AvgIpc) is 3.25. The van der Waals surface area contributed by atoms with E-state index in [2.05, 4.69) is 10.1 Å². The second kappa shape index (κ2) is 8.44. The van der Waals surface area contributed by atoms with Gasteiger partial charge in [0.25, 0.3) is 0 Å². The van der Waals surface area contributed by atoms with Crippen molar-refractivity contribution < 1.29 is 27.8 Å². The van der Waals surface area contributed by atoms with Crippen molar-refractivity contribution in [1.82, 2.24) is 10.2 Å². The van der Waals surface area contributed by atoms with E-state index >= 15 is 0 Å². The Kier molecular flexibility index (Phi) is 6.03. The third-order valence-electron chi connectivity index (χ3n) is 4.66. The van der Waals surface area contributed by atoms with Crippen LogP contribution in [0.15, 0.2) is 24.3 Å². The molecule has 0 saturated carbocycles. The third-order valence-corrected chi connectivity index (χ3v) is 4.66. The molecule has 6 nitrogen and oxygen atoms in total. The number of nitrogens with one attached hydrogen (secondary N) is 1. The average molecular weight is 368 g/mol. The van der Waals surface area contributed by atoms with Crippen LogP contribution in [0.4, 0.5) is 8.78 Å². The molecule has 0 bridgehead atoms. The number of likely N-dealkylation sites (tertiary alicyclic amines) is 1. The summed E-state index contributed by atoms with van der Waals surface area (Å²) in [5.74, 6) is -0.207. The fourth-order valence-electron chi connectivity index (χ4n) is 3.32. The van der Waals surface area contributed by atoms with Crippen LogP contribution in [0.1, 0.15) is 31.2 Å². The van der Waals surface area contributed by atoms with E-state index in [1.165, 1.54) is 17.0 Å². The second-order valence-corrected chi connectivity index (χ2v) is 6.48. The van der Waals surface area contributed by atoms with Crippen LogP contribution in [0.25, 0.3) is 0 Å². The van der Waals surface area contributed by atoms with Crippen LogP contribution in [-0.2, 0) is 20.9 Å². The van der Waals surface area contributed by atoms with E-state index in [4.69, 9.17) is 4.74 Å². The van der Waals surface area contributed by atoms with Crippen molar-refractivity contribution in [2.75, 3.05) is 13.2 Å². The van der Waals surface area contributed by atoms with E-state index in [1.54, 1.807) is 12.1 Å². The summed E-state index contributed by atoms with van der Waals surface area (Å²) in [6, 6.07) is 5.57. The molecule has 2 aliphatic rings. The first-order chi connectivity index (χ1) is 12.5. The predicted molar refractivity (Wildman–Crippen MR) is 88.6 cm³/mol. The van der Waals surface area contributed by atoms with Crippen LogP contribution in [-0.4, -0.2) is 48.6 Å². The summed E-state index contributed by atoms with van der Waals surface area (Å²) in [5.41, 5.74) is 0.749. The zero-order chi connectivity index (χ0) is 18.5. The number of hydrogen-bond acceptors (Lipinski definition) is 4. The fourth-order valence-corrected chi connectivity index (χ4v) is 3.32. The van der Waals surface area contributed by atoms with Crippen LogP contribution < -0.4 is 10.1 Å². The van der Waals surface area contributed by atoms with Gasteiger partial charge in [-0.1, -0.05) is 12.1 Å². The zero-order valence-electron chi connectivity index (χ0n) is 14.3. The highest BCUT2D eigenvalue weighted by Crippen LogP contribution is 2.23. The number of rotatable bonds is 7. The minimum absolute atomic E-state index is 0.0480. The monoisotopic (exact) mass is 368 g/mol. The van der Waals surface area contributed by atoms with Gasteiger partial charge in [-0.15, -0.1) is 0 Å². The lowest BCUT2D eigenvalue weighted by atomic mass is 10.1. The summed E-state index contributed by atoms with van der Waals surface area (Å²) in [5, 5.41) is 2.87. The summed E-state index contributed by atoms with van der Waals surface area (Å²) in [6.07, 6.45) is 2.78. The van der Waals surface area contributed by atoms with Gasteiger partial charge < -0.3 is 19.7 Å². The number of halogens is 2. The number of ether oxygens (including phenoxy) is 2. The maximum absolute atomic E-state index is 12.5. The number of benzene rings is 1. The van der Waals surface area contributed by atoms with E-state index in [0.29, 0.717) is 19.4 Å². The Morgan fingerprint density at radius 3 is 2.73 bits per heavy atom. The fraction of sp³-hybridized carbons (Fsp3) is 0.556. The molecule has 1 aromatic rings. The zero-order valence-corrected chi connectivity index (χ0v) is 14.3. The molecule has 2 saturated heterocycles. The minimum Gasteiger partial charge on any atom is -0.435 e. The van der Waals surface area contributed by atoms with Gasteiger partial charge in [0.2, 0.25) is 11.8 Å². The SMILES string of the molecule is O=C(NC[C@@H]1CCCO1)[C@@H]1CCC(=O)N1Cc1ccc(OC(F)F)cc1. The molecule has 1 aromatic carbocycles. The maximum atomic E-state index is 12.5. The molecule has 2 heterocycles. The van der Waals surface area contributed by atoms with Gasteiger partial charge in [-0.3, -0.25) is 9.59 Å². The van der Waals surface area contributed by atoms with Crippen LogP contribution in [0.5, 0.6) is 5.75 Å². The van der Waals surface area contributed by atoms with Crippen molar-refractivity contribution in [3.63, 3.8) is 0 Å². The molecule has 0 aliphatic carbocycles. The first-order valence-corrected chi connectivity index (χ1v) is 8.75. The topological polar surface area (TPSA) is 67.9 Å². The molecule has 2 atom stereocenters. The smallest absolute Gasteiger partial charge is 0.387 e. The van der Waals surface area contributed by atoms with Gasteiger partial charge in [-0.25, -0.2) is 0 Å². The van der Waals surface area contributed by atoms with Gasteiger partial charge in [0.1, 0.15) is 11.8 Å². The number of alkyl halides is 2. The highest BCUT2D eigenvalue weighted by Gasteiger charge is 2.36. The highest BCUT2D eigenvalue weighted by molar-refractivity contribution is 5.90. The predicted octanol–water partition coefficient (Wildman–Crippen LogP) is 2.07. The van der Waals surface area contributed by atoms with E-state index < -0.39 is 12.7 Å². The molecule has 142 valence electrons. The Hall–Kier alpha value is -2.22. The number of hydrogen-bond donors (Lipinski definition) is 1. The van der Waals surface area contributed by atoms with Gasteiger partial charge in [0.15, 0.2) is 0 Å². The van der Waals surface area contributed by atoms with Crippen molar-refractivity contribution in [1.29, 1.82) is 0 Å². The molecule has 2 aliphatic heterocycles. The minimum atomic E-state index is -2.88. The van der Waals surface area contributed by atoms with Crippen LogP contribution in [0, 0.1) is 0 Å². The van der Waals surface area contributed by atoms with E-state index in [9.17, 15) is 18.4 Å². The number of carbonyl (C=O) groups is 2. The van der Waals surface area contributed by atoms with E-state index in [1.807, 2.05) is 0 Å². The Labute approximate surface area is 150 Å². The second-order valence-electron chi connectivity index (χ2n) is 6.48. The van der Waals surface area contributed by atoms with Crippen molar-refractivity contribution in [3.05, 3.63) is 29.8 Å². The number of amides is 2. The van der Waals surface area contributed by atoms with Gasteiger partial charge in [0.05, 0.1) is 6.10 Å². The molecular formula is C18H22F2N2O4. The first-order valence-electron chi connectivity index (χ1n) is 8.75. The van der Waals surface area contributed by atoms with Gasteiger partial charge in [-0.2, -0.15) is 8.78 Å². The molecule has 8 heteroatoms. The first kappa shape index (κ1) is 18.6. The molecule has 0 radical (unpaired) electrons. The Bertz CT molecular complexity index is 633. The van der Waals surface area contributed by atoms with Crippen molar-refractivity contribution in [3.8, 4) is 5.75 Å². The molecule has 0 aromatic heterocycles.